The molecule has 1 aliphatic heterocycles. The molecule has 2 aromatic rings. The van der Waals surface area contributed by atoms with Gasteiger partial charge in [0.15, 0.2) is 0 Å². The van der Waals surface area contributed by atoms with Crippen LogP contribution in [0.15, 0.2) is 42.5 Å². The molecule has 0 atom stereocenters. The first-order chi connectivity index (χ1) is 8.84. The van der Waals surface area contributed by atoms with Crippen LogP contribution in [0.5, 0.6) is 0 Å². The number of amides is 1. The standard InChI is InChI=1S/C15H16N2O.ClH/c18-15(17-9-7-16-8-10-17)14-6-5-12-3-1-2-4-13(12)11-14;/h1-6,11,16H,7-10H2;1H. The average molecular weight is 277 g/mol. The van der Waals surface area contributed by atoms with E-state index in [2.05, 4.69) is 11.4 Å². The average Bonchev–Trinajstić information content (AvgIpc) is 2.47. The lowest BCUT2D eigenvalue weighted by Gasteiger charge is -2.27. The van der Waals surface area contributed by atoms with Gasteiger partial charge >= 0.3 is 0 Å². The molecular formula is C15H17ClN2O. The highest BCUT2D eigenvalue weighted by molar-refractivity contribution is 5.98. The summed E-state index contributed by atoms with van der Waals surface area (Å²) < 4.78 is 0. The van der Waals surface area contributed by atoms with Gasteiger partial charge in [0.1, 0.15) is 0 Å². The smallest absolute Gasteiger partial charge is 0.253 e. The number of nitrogens with one attached hydrogen (secondary N) is 1. The van der Waals surface area contributed by atoms with Crippen molar-refractivity contribution in [3.05, 3.63) is 48.0 Å². The van der Waals surface area contributed by atoms with Crippen molar-refractivity contribution < 1.29 is 4.79 Å². The first-order valence-corrected chi connectivity index (χ1v) is 6.33. The quantitative estimate of drug-likeness (QED) is 0.867. The summed E-state index contributed by atoms with van der Waals surface area (Å²) >= 11 is 0. The molecule has 3 rings (SSSR count). The summed E-state index contributed by atoms with van der Waals surface area (Å²) in [5.41, 5.74) is 0.788. The van der Waals surface area contributed by atoms with Gasteiger partial charge in [0.05, 0.1) is 0 Å². The molecule has 2 aromatic carbocycles. The van der Waals surface area contributed by atoms with E-state index in [4.69, 9.17) is 0 Å². The number of carbonyl (C=O) groups is 1. The van der Waals surface area contributed by atoms with E-state index in [0.717, 1.165) is 37.1 Å². The highest BCUT2D eigenvalue weighted by Gasteiger charge is 2.17. The van der Waals surface area contributed by atoms with Crippen LogP contribution in [0.25, 0.3) is 10.8 Å². The van der Waals surface area contributed by atoms with E-state index < -0.39 is 0 Å². The van der Waals surface area contributed by atoms with Crippen molar-refractivity contribution in [3.8, 4) is 0 Å². The zero-order valence-corrected chi connectivity index (χ0v) is 11.5. The monoisotopic (exact) mass is 276 g/mol. The van der Waals surface area contributed by atoms with Crippen molar-refractivity contribution in [2.45, 2.75) is 0 Å². The molecule has 1 fully saturated rings. The van der Waals surface area contributed by atoms with Crippen LogP contribution < -0.4 is 5.32 Å². The Labute approximate surface area is 119 Å². The van der Waals surface area contributed by atoms with Crippen molar-refractivity contribution >= 4 is 29.1 Å². The number of piperazine rings is 1. The van der Waals surface area contributed by atoms with Gasteiger partial charge in [-0.05, 0) is 22.9 Å². The third-order valence-corrected chi connectivity index (χ3v) is 3.40. The second kappa shape index (κ2) is 6.04. The molecule has 0 radical (unpaired) electrons. The Hall–Kier alpha value is -1.58. The number of halogens is 1. The molecule has 0 spiro atoms. The molecule has 0 bridgehead atoms. The molecule has 1 N–H and O–H groups in total. The first-order valence-electron chi connectivity index (χ1n) is 6.33. The van der Waals surface area contributed by atoms with E-state index in [1.54, 1.807) is 0 Å². The van der Waals surface area contributed by atoms with E-state index in [1.807, 2.05) is 41.3 Å². The maximum atomic E-state index is 12.3. The summed E-state index contributed by atoms with van der Waals surface area (Å²) in [6.07, 6.45) is 0. The fraction of sp³-hybridized carbons (Fsp3) is 0.267. The van der Waals surface area contributed by atoms with Crippen LogP contribution in [-0.2, 0) is 0 Å². The summed E-state index contributed by atoms with van der Waals surface area (Å²) in [7, 11) is 0. The van der Waals surface area contributed by atoms with Crippen LogP contribution >= 0.6 is 12.4 Å². The fourth-order valence-corrected chi connectivity index (χ4v) is 2.37. The molecule has 0 aromatic heterocycles. The predicted octanol–water partition coefficient (Wildman–Crippen LogP) is 2.31. The molecule has 0 saturated carbocycles. The zero-order valence-electron chi connectivity index (χ0n) is 10.6. The SMILES string of the molecule is Cl.O=C(c1ccc2ccccc2c1)N1CCNCC1. The van der Waals surface area contributed by atoms with Crippen LogP contribution in [0.2, 0.25) is 0 Å². The molecule has 19 heavy (non-hydrogen) atoms. The largest absolute Gasteiger partial charge is 0.336 e. The van der Waals surface area contributed by atoms with E-state index in [0.29, 0.717) is 0 Å². The van der Waals surface area contributed by atoms with Crippen molar-refractivity contribution in [1.29, 1.82) is 0 Å². The summed E-state index contributed by atoms with van der Waals surface area (Å²) in [6.45, 7) is 3.37. The van der Waals surface area contributed by atoms with Crippen LogP contribution in [0, 0.1) is 0 Å². The number of hydrogen-bond donors (Lipinski definition) is 1. The Bertz CT molecular complexity index is 579. The van der Waals surface area contributed by atoms with Gasteiger partial charge in [-0.15, -0.1) is 12.4 Å². The summed E-state index contributed by atoms with van der Waals surface area (Å²) in [5.74, 6) is 0.141. The minimum absolute atomic E-state index is 0. The van der Waals surface area contributed by atoms with Crippen LogP contribution in [0.3, 0.4) is 0 Å². The maximum Gasteiger partial charge on any atom is 0.253 e. The van der Waals surface area contributed by atoms with Crippen molar-refractivity contribution in [2.24, 2.45) is 0 Å². The van der Waals surface area contributed by atoms with Gasteiger partial charge in [-0.2, -0.15) is 0 Å². The van der Waals surface area contributed by atoms with Gasteiger partial charge in [-0.3, -0.25) is 4.79 Å². The van der Waals surface area contributed by atoms with Gasteiger partial charge in [0.2, 0.25) is 0 Å². The fourth-order valence-electron chi connectivity index (χ4n) is 2.37. The number of fused-ring (bicyclic) bond motifs is 1. The predicted molar refractivity (Wildman–Crippen MR) is 80.0 cm³/mol. The normalized spacial score (nSPS) is 15.1. The summed E-state index contributed by atoms with van der Waals surface area (Å²) in [6, 6.07) is 14.1. The molecule has 1 amide bonds. The van der Waals surface area contributed by atoms with E-state index in [-0.39, 0.29) is 18.3 Å². The van der Waals surface area contributed by atoms with Crippen molar-refractivity contribution in [3.63, 3.8) is 0 Å². The van der Waals surface area contributed by atoms with Crippen LogP contribution in [0.1, 0.15) is 10.4 Å². The number of carbonyl (C=O) groups excluding carboxylic acids is 1. The first kappa shape index (κ1) is 13.8. The molecule has 100 valence electrons. The highest BCUT2D eigenvalue weighted by Crippen LogP contribution is 2.17. The molecule has 4 heteroatoms. The van der Waals surface area contributed by atoms with Crippen molar-refractivity contribution in [2.75, 3.05) is 26.2 Å². The topological polar surface area (TPSA) is 32.3 Å². The van der Waals surface area contributed by atoms with Gasteiger partial charge in [0.25, 0.3) is 5.91 Å². The molecule has 1 aliphatic rings. The Kier molecular flexibility index (Phi) is 4.40. The molecule has 0 aliphatic carbocycles. The summed E-state index contributed by atoms with van der Waals surface area (Å²) in [4.78, 5) is 14.3. The number of nitrogens with zero attached hydrogens (tertiary/aromatic N) is 1. The summed E-state index contributed by atoms with van der Waals surface area (Å²) in [5, 5.41) is 5.56. The Balaban J connectivity index is 0.00000133. The second-order valence-corrected chi connectivity index (χ2v) is 4.60. The number of hydrogen-bond acceptors (Lipinski definition) is 2. The molecular weight excluding hydrogens is 260 g/mol. The van der Waals surface area contributed by atoms with Gasteiger partial charge in [-0.1, -0.05) is 30.3 Å². The van der Waals surface area contributed by atoms with E-state index >= 15 is 0 Å². The molecule has 0 unspecified atom stereocenters. The molecule has 1 heterocycles. The lowest BCUT2D eigenvalue weighted by atomic mass is 10.1. The van der Waals surface area contributed by atoms with Crippen molar-refractivity contribution in [1.82, 2.24) is 10.2 Å². The van der Waals surface area contributed by atoms with E-state index in [1.165, 1.54) is 5.39 Å². The third-order valence-electron chi connectivity index (χ3n) is 3.40. The highest BCUT2D eigenvalue weighted by atomic mass is 35.5. The second-order valence-electron chi connectivity index (χ2n) is 4.60. The Morgan fingerprint density at radius 3 is 2.42 bits per heavy atom. The van der Waals surface area contributed by atoms with Crippen LogP contribution in [-0.4, -0.2) is 37.0 Å². The Morgan fingerprint density at radius 2 is 1.68 bits per heavy atom. The van der Waals surface area contributed by atoms with Gasteiger partial charge in [-0.25, -0.2) is 0 Å². The zero-order chi connectivity index (χ0) is 12.4. The van der Waals surface area contributed by atoms with E-state index in [9.17, 15) is 4.79 Å². The van der Waals surface area contributed by atoms with Crippen LogP contribution in [0.4, 0.5) is 0 Å². The third kappa shape index (κ3) is 2.88. The Morgan fingerprint density at radius 1 is 1.00 bits per heavy atom. The number of rotatable bonds is 1. The minimum Gasteiger partial charge on any atom is -0.336 e. The van der Waals surface area contributed by atoms with Gasteiger partial charge in [0, 0.05) is 31.7 Å². The van der Waals surface area contributed by atoms with Gasteiger partial charge < -0.3 is 10.2 Å². The lowest BCUT2D eigenvalue weighted by Crippen LogP contribution is -2.46. The molecule has 3 nitrogen and oxygen atoms in total. The maximum absolute atomic E-state index is 12.3. The minimum atomic E-state index is 0. The lowest BCUT2D eigenvalue weighted by molar-refractivity contribution is 0.0736. The molecule has 1 saturated heterocycles. The number of benzene rings is 2.